The van der Waals surface area contributed by atoms with Crippen LogP contribution in [0, 0.1) is 0 Å². The summed E-state index contributed by atoms with van der Waals surface area (Å²) in [6.45, 7) is 4.05. The maximum atomic E-state index is 5.72. The molecular formula is C18H19N7O. The van der Waals surface area contributed by atoms with Crippen molar-refractivity contribution >= 4 is 16.9 Å². The van der Waals surface area contributed by atoms with Gasteiger partial charge < -0.3 is 14.7 Å². The zero-order valence-electron chi connectivity index (χ0n) is 14.6. The number of nitrogens with zero attached hydrogens (tertiary/aromatic N) is 4. The third-order valence-corrected chi connectivity index (χ3v) is 4.47. The van der Waals surface area contributed by atoms with Crippen LogP contribution in [0.5, 0.6) is 0 Å². The summed E-state index contributed by atoms with van der Waals surface area (Å²) in [4.78, 5) is 7.94. The fourth-order valence-electron chi connectivity index (χ4n) is 3.01. The Hall–Kier alpha value is -3.16. The lowest BCUT2D eigenvalue weighted by molar-refractivity contribution is 0.574. The van der Waals surface area contributed by atoms with E-state index >= 15 is 0 Å². The Labute approximate surface area is 149 Å². The smallest absolute Gasteiger partial charge is 0.315 e. The molecule has 0 saturated heterocycles. The van der Waals surface area contributed by atoms with Crippen LogP contribution in [0.1, 0.15) is 38.4 Å². The molecule has 0 radical (unpaired) electrons. The monoisotopic (exact) mass is 349 g/mol. The molecule has 0 amide bonds. The summed E-state index contributed by atoms with van der Waals surface area (Å²) in [5.41, 5.74) is 2.87. The Morgan fingerprint density at radius 3 is 2.92 bits per heavy atom. The van der Waals surface area contributed by atoms with Gasteiger partial charge in [-0.3, -0.25) is 5.10 Å². The number of rotatable bonds is 5. The van der Waals surface area contributed by atoms with Gasteiger partial charge in [0.2, 0.25) is 5.89 Å². The van der Waals surface area contributed by atoms with Gasteiger partial charge in [0.15, 0.2) is 11.6 Å². The van der Waals surface area contributed by atoms with Crippen molar-refractivity contribution in [1.29, 1.82) is 0 Å². The van der Waals surface area contributed by atoms with Crippen molar-refractivity contribution in [2.75, 3.05) is 5.32 Å². The topological polar surface area (TPSA) is 108 Å². The SMILES string of the molecule is CC(C)Nc1nnc(-c2ccc3[nH]cc(-c4nc(C5CC5)n[nH]4)c3c2)o1. The van der Waals surface area contributed by atoms with Crippen LogP contribution in [0.2, 0.25) is 0 Å². The molecule has 3 N–H and O–H groups in total. The highest BCUT2D eigenvalue weighted by molar-refractivity contribution is 5.96. The number of anilines is 1. The second-order valence-electron chi connectivity index (χ2n) is 6.99. The molecule has 8 nitrogen and oxygen atoms in total. The standard InChI is InChI=1S/C18H19N7O/c1-9(2)20-18-25-24-17(26-18)11-5-6-14-12(7-11)13(8-19-14)16-21-15(22-23-16)10-3-4-10/h5-10,19H,3-4H2,1-2H3,(H,20,25)(H,21,22,23). The maximum absolute atomic E-state index is 5.72. The second kappa shape index (κ2) is 5.69. The highest BCUT2D eigenvalue weighted by Gasteiger charge is 2.28. The number of fused-ring (bicyclic) bond motifs is 1. The van der Waals surface area contributed by atoms with Crippen LogP contribution in [0.15, 0.2) is 28.8 Å². The predicted molar refractivity (Wildman–Crippen MR) is 97.7 cm³/mol. The van der Waals surface area contributed by atoms with Gasteiger partial charge in [-0.2, -0.15) is 5.10 Å². The van der Waals surface area contributed by atoms with Crippen molar-refractivity contribution in [2.45, 2.75) is 38.6 Å². The normalized spacial score (nSPS) is 14.4. The summed E-state index contributed by atoms with van der Waals surface area (Å²) in [7, 11) is 0. The molecule has 8 heteroatoms. The second-order valence-corrected chi connectivity index (χ2v) is 6.99. The summed E-state index contributed by atoms with van der Waals surface area (Å²) in [6.07, 6.45) is 4.31. The molecule has 0 aliphatic heterocycles. The largest absolute Gasteiger partial charge is 0.403 e. The van der Waals surface area contributed by atoms with Gasteiger partial charge >= 0.3 is 6.01 Å². The number of nitrogens with one attached hydrogen (secondary N) is 3. The van der Waals surface area contributed by atoms with Gasteiger partial charge in [0.1, 0.15) is 0 Å². The quantitative estimate of drug-likeness (QED) is 0.507. The van der Waals surface area contributed by atoms with Crippen molar-refractivity contribution in [3.05, 3.63) is 30.2 Å². The van der Waals surface area contributed by atoms with Crippen molar-refractivity contribution in [1.82, 2.24) is 30.4 Å². The van der Waals surface area contributed by atoms with Crippen LogP contribution in [-0.4, -0.2) is 36.4 Å². The Morgan fingerprint density at radius 1 is 1.23 bits per heavy atom. The van der Waals surface area contributed by atoms with Gasteiger partial charge in [-0.25, -0.2) is 4.98 Å². The molecule has 1 saturated carbocycles. The van der Waals surface area contributed by atoms with E-state index in [4.69, 9.17) is 4.42 Å². The molecule has 3 aromatic heterocycles. The first kappa shape index (κ1) is 15.1. The zero-order valence-corrected chi connectivity index (χ0v) is 14.6. The Bertz CT molecular complexity index is 1070. The Kier molecular flexibility index (Phi) is 3.31. The minimum atomic E-state index is 0.231. The van der Waals surface area contributed by atoms with Gasteiger partial charge in [0.05, 0.1) is 0 Å². The fourth-order valence-corrected chi connectivity index (χ4v) is 3.01. The first-order valence-electron chi connectivity index (χ1n) is 8.81. The molecule has 3 heterocycles. The summed E-state index contributed by atoms with van der Waals surface area (Å²) < 4.78 is 5.72. The Morgan fingerprint density at radius 2 is 2.12 bits per heavy atom. The molecule has 1 aliphatic rings. The summed E-state index contributed by atoms with van der Waals surface area (Å²) in [5, 5.41) is 19.8. The van der Waals surface area contributed by atoms with E-state index in [1.807, 2.05) is 38.2 Å². The highest BCUT2D eigenvalue weighted by atomic mass is 16.4. The molecule has 0 atom stereocenters. The van der Waals surface area contributed by atoms with Crippen LogP contribution in [0.25, 0.3) is 33.7 Å². The molecule has 26 heavy (non-hydrogen) atoms. The van der Waals surface area contributed by atoms with Crippen LogP contribution >= 0.6 is 0 Å². The molecular weight excluding hydrogens is 330 g/mol. The molecule has 132 valence electrons. The molecule has 0 bridgehead atoms. The number of aromatic amines is 2. The van der Waals surface area contributed by atoms with E-state index in [1.54, 1.807) is 0 Å². The minimum absolute atomic E-state index is 0.231. The van der Waals surface area contributed by atoms with E-state index < -0.39 is 0 Å². The number of hydrogen-bond acceptors (Lipinski definition) is 6. The van der Waals surface area contributed by atoms with Crippen molar-refractivity contribution in [2.24, 2.45) is 0 Å². The lowest BCUT2D eigenvalue weighted by Crippen LogP contribution is -2.09. The van der Waals surface area contributed by atoms with E-state index in [1.165, 1.54) is 12.8 Å². The summed E-state index contributed by atoms with van der Waals surface area (Å²) in [5.74, 6) is 2.69. The first-order valence-corrected chi connectivity index (χ1v) is 8.81. The van der Waals surface area contributed by atoms with Crippen molar-refractivity contribution in [3.8, 4) is 22.8 Å². The summed E-state index contributed by atoms with van der Waals surface area (Å²) in [6, 6.07) is 6.66. The lowest BCUT2D eigenvalue weighted by atomic mass is 10.1. The van der Waals surface area contributed by atoms with E-state index in [2.05, 4.69) is 35.7 Å². The minimum Gasteiger partial charge on any atom is -0.403 e. The Balaban J connectivity index is 1.53. The lowest BCUT2D eigenvalue weighted by Gasteiger charge is -2.02. The number of hydrogen-bond donors (Lipinski definition) is 3. The van der Waals surface area contributed by atoms with E-state index in [0.29, 0.717) is 17.8 Å². The van der Waals surface area contributed by atoms with Gasteiger partial charge in [-0.1, -0.05) is 5.10 Å². The molecule has 0 unspecified atom stereocenters. The average Bonchev–Trinajstić information content (AvgIpc) is 3.04. The molecule has 1 aliphatic carbocycles. The van der Waals surface area contributed by atoms with Gasteiger partial charge in [0, 0.05) is 40.2 Å². The first-order chi connectivity index (χ1) is 12.7. The third-order valence-electron chi connectivity index (χ3n) is 4.47. The molecule has 4 aromatic rings. The van der Waals surface area contributed by atoms with Crippen LogP contribution in [0.3, 0.4) is 0 Å². The average molecular weight is 349 g/mol. The van der Waals surface area contributed by atoms with Crippen molar-refractivity contribution < 1.29 is 4.42 Å². The van der Waals surface area contributed by atoms with Crippen molar-refractivity contribution in [3.63, 3.8) is 0 Å². The zero-order chi connectivity index (χ0) is 17.7. The highest BCUT2D eigenvalue weighted by Crippen LogP contribution is 2.39. The predicted octanol–water partition coefficient (Wildman–Crippen LogP) is 3.70. The number of aromatic nitrogens is 6. The molecule has 1 fully saturated rings. The fraction of sp³-hybridized carbons (Fsp3) is 0.333. The van der Waals surface area contributed by atoms with Crippen LogP contribution < -0.4 is 5.32 Å². The van der Waals surface area contributed by atoms with Gasteiger partial charge in [-0.15, -0.1) is 5.10 Å². The molecule has 5 rings (SSSR count). The molecule has 1 aromatic carbocycles. The van der Waals surface area contributed by atoms with E-state index in [9.17, 15) is 0 Å². The van der Waals surface area contributed by atoms with Crippen LogP contribution in [0.4, 0.5) is 6.01 Å². The maximum Gasteiger partial charge on any atom is 0.315 e. The third kappa shape index (κ3) is 2.63. The van der Waals surface area contributed by atoms with Gasteiger partial charge in [-0.05, 0) is 44.9 Å². The van der Waals surface area contributed by atoms with Crippen LogP contribution in [-0.2, 0) is 0 Å². The number of H-pyrrole nitrogens is 2. The summed E-state index contributed by atoms with van der Waals surface area (Å²) >= 11 is 0. The molecule has 0 spiro atoms. The van der Waals surface area contributed by atoms with E-state index in [0.717, 1.165) is 33.7 Å². The number of benzene rings is 1. The van der Waals surface area contributed by atoms with Gasteiger partial charge in [0.25, 0.3) is 0 Å². The van der Waals surface area contributed by atoms with E-state index in [-0.39, 0.29) is 6.04 Å².